The Bertz CT molecular complexity index is 276. The first-order valence-electron chi connectivity index (χ1n) is 5.25. The quantitative estimate of drug-likeness (QED) is 0.770. The van der Waals surface area contributed by atoms with E-state index in [1.807, 2.05) is 24.3 Å². The van der Waals surface area contributed by atoms with Crippen molar-refractivity contribution >= 4 is 24.0 Å². The average molecular weight is 248 g/mol. The van der Waals surface area contributed by atoms with E-state index in [-0.39, 0.29) is 18.4 Å². The van der Waals surface area contributed by atoms with E-state index in [0.717, 1.165) is 17.0 Å². The smallest absolute Gasteiger partial charge is 0.0409 e. The van der Waals surface area contributed by atoms with Crippen molar-refractivity contribution in [3.05, 3.63) is 34.9 Å². The second kappa shape index (κ2) is 7.98. The van der Waals surface area contributed by atoms with Crippen LogP contribution in [0.2, 0.25) is 5.02 Å². The fraction of sp³-hybridized carbons (Fsp3) is 0.500. The van der Waals surface area contributed by atoms with Crippen molar-refractivity contribution in [2.24, 2.45) is 5.73 Å². The Morgan fingerprint density at radius 3 is 2.67 bits per heavy atom. The molecule has 0 unspecified atom stereocenters. The SMILES string of the molecule is CCCCC[C@@H](N)c1cccc(Cl)c1.Cl. The van der Waals surface area contributed by atoms with Gasteiger partial charge in [0.05, 0.1) is 0 Å². The molecule has 3 heteroatoms. The Morgan fingerprint density at radius 2 is 2.07 bits per heavy atom. The van der Waals surface area contributed by atoms with E-state index in [1.165, 1.54) is 19.3 Å². The summed E-state index contributed by atoms with van der Waals surface area (Å²) in [4.78, 5) is 0. The molecule has 0 spiro atoms. The lowest BCUT2D eigenvalue weighted by Gasteiger charge is -2.11. The summed E-state index contributed by atoms with van der Waals surface area (Å²) < 4.78 is 0. The molecule has 15 heavy (non-hydrogen) atoms. The van der Waals surface area contributed by atoms with Gasteiger partial charge in [-0.2, -0.15) is 0 Å². The second-order valence-electron chi connectivity index (χ2n) is 3.66. The number of nitrogens with two attached hydrogens (primary N) is 1. The van der Waals surface area contributed by atoms with Gasteiger partial charge in [0.1, 0.15) is 0 Å². The van der Waals surface area contributed by atoms with E-state index in [9.17, 15) is 0 Å². The van der Waals surface area contributed by atoms with Crippen molar-refractivity contribution in [2.75, 3.05) is 0 Å². The molecule has 0 aliphatic rings. The Hall–Kier alpha value is -0.240. The molecule has 2 N–H and O–H groups in total. The number of rotatable bonds is 5. The second-order valence-corrected chi connectivity index (χ2v) is 4.09. The summed E-state index contributed by atoms with van der Waals surface area (Å²) in [7, 11) is 0. The van der Waals surface area contributed by atoms with Gasteiger partial charge >= 0.3 is 0 Å². The van der Waals surface area contributed by atoms with Crippen molar-refractivity contribution in [1.82, 2.24) is 0 Å². The van der Waals surface area contributed by atoms with Crippen LogP contribution in [-0.4, -0.2) is 0 Å². The predicted octanol–water partition coefficient (Wildman–Crippen LogP) is 4.34. The normalized spacial score (nSPS) is 11.9. The predicted molar refractivity (Wildman–Crippen MR) is 69.8 cm³/mol. The number of benzene rings is 1. The standard InChI is InChI=1S/C12H18ClN.ClH/c1-2-3-4-8-12(14)10-6-5-7-11(13)9-10;/h5-7,9,12H,2-4,8,14H2,1H3;1H/t12-;/m1./s1. The van der Waals surface area contributed by atoms with E-state index in [4.69, 9.17) is 17.3 Å². The summed E-state index contributed by atoms with van der Waals surface area (Å²) in [5.74, 6) is 0. The molecule has 0 bridgehead atoms. The third kappa shape index (κ3) is 5.41. The zero-order valence-electron chi connectivity index (χ0n) is 9.08. The molecule has 86 valence electrons. The van der Waals surface area contributed by atoms with Crippen LogP contribution in [0.25, 0.3) is 0 Å². The third-order valence-corrected chi connectivity index (χ3v) is 2.63. The molecule has 1 atom stereocenters. The highest BCUT2D eigenvalue weighted by Gasteiger charge is 2.05. The van der Waals surface area contributed by atoms with E-state index >= 15 is 0 Å². The first-order chi connectivity index (χ1) is 6.74. The van der Waals surface area contributed by atoms with Crippen LogP contribution in [0, 0.1) is 0 Å². The van der Waals surface area contributed by atoms with Gasteiger partial charge in [-0.25, -0.2) is 0 Å². The minimum absolute atomic E-state index is 0. The van der Waals surface area contributed by atoms with E-state index in [1.54, 1.807) is 0 Å². The van der Waals surface area contributed by atoms with Crippen molar-refractivity contribution < 1.29 is 0 Å². The first-order valence-corrected chi connectivity index (χ1v) is 5.63. The van der Waals surface area contributed by atoms with Crippen molar-refractivity contribution in [2.45, 2.75) is 38.6 Å². The Kier molecular flexibility index (Phi) is 7.85. The van der Waals surface area contributed by atoms with Crippen LogP contribution in [0.3, 0.4) is 0 Å². The number of hydrogen-bond acceptors (Lipinski definition) is 1. The highest BCUT2D eigenvalue weighted by atomic mass is 35.5. The molecule has 0 fully saturated rings. The number of unbranched alkanes of at least 4 members (excludes halogenated alkanes) is 2. The molecule has 0 aliphatic heterocycles. The lowest BCUT2D eigenvalue weighted by atomic mass is 10.0. The highest BCUT2D eigenvalue weighted by molar-refractivity contribution is 6.30. The summed E-state index contributed by atoms with van der Waals surface area (Å²) in [5, 5.41) is 0.772. The first kappa shape index (κ1) is 14.8. The maximum absolute atomic E-state index is 6.05. The fourth-order valence-corrected chi connectivity index (χ4v) is 1.72. The van der Waals surface area contributed by atoms with Crippen molar-refractivity contribution in [3.63, 3.8) is 0 Å². The van der Waals surface area contributed by atoms with Gasteiger partial charge in [-0.3, -0.25) is 0 Å². The van der Waals surface area contributed by atoms with Gasteiger partial charge in [-0.15, -0.1) is 12.4 Å². The van der Waals surface area contributed by atoms with Crippen molar-refractivity contribution in [3.8, 4) is 0 Å². The molecule has 1 nitrogen and oxygen atoms in total. The molecule has 0 heterocycles. The third-order valence-electron chi connectivity index (χ3n) is 2.40. The summed E-state index contributed by atoms with van der Waals surface area (Å²) in [6.07, 6.45) is 4.74. The fourth-order valence-electron chi connectivity index (χ4n) is 1.52. The van der Waals surface area contributed by atoms with Crippen LogP contribution in [-0.2, 0) is 0 Å². The summed E-state index contributed by atoms with van der Waals surface area (Å²) >= 11 is 5.89. The van der Waals surface area contributed by atoms with Crippen LogP contribution in [0.5, 0.6) is 0 Å². The molecule has 1 aromatic carbocycles. The van der Waals surface area contributed by atoms with Crippen molar-refractivity contribution in [1.29, 1.82) is 0 Å². The van der Waals surface area contributed by atoms with Crippen LogP contribution in [0.1, 0.15) is 44.2 Å². The van der Waals surface area contributed by atoms with Gasteiger partial charge in [0, 0.05) is 11.1 Å². The lowest BCUT2D eigenvalue weighted by Crippen LogP contribution is -2.09. The zero-order chi connectivity index (χ0) is 10.4. The molecule has 0 saturated heterocycles. The van der Waals surface area contributed by atoms with Crippen LogP contribution in [0.4, 0.5) is 0 Å². The number of hydrogen-bond donors (Lipinski definition) is 1. The lowest BCUT2D eigenvalue weighted by molar-refractivity contribution is 0.581. The Balaban J connectivity index is 0.00000196. The van der Waals surface area contributed by atoms with E-state index in [2.05, 4.69) is 6.92 Å². The molecule has 0 saturated carbocycles. The molecule has 0 amide bonds. The molecule has 0 aromatic heterocycles. The minimum Gasteiger partial charge on any atom is -0.324 e. The van der Waals surface area contributed by atoms with Crippen LogP contribution >= 0.6 is 24.0 Å². The summed E-state index contributed by atoms with van der Waals surface area (Å²) in [6.45, 7) is 2.20. The zero-order valence-corrected chi connectivity index (χ0v) is 10.7. The van der Waals surface area contributed by atoms with Crippen LogP contribution in [0.15, 0.2) is 24.3 Å². The average Bonchev–Trinajstić information content (AvgIpc) is 2.18. The van der Waals surface area contributed by atoms with Gasteiger partial charge in [0.2, 0.25) is 0 Å². The molecule has 0 radical (unpaired) electrons. The van der Waals surface area contributed by atoms with Gasteiger partial charge < -0.3 is 5.73 Å². The van der Waals surface area contributed by atoms with Gasteiger partial charge in [-0.05, 0) is 24.1 Å². The topological polar surface area (TPSA) is 26.0 Å². The largest absolute Gasteiger partial charge is 0.324 e. The van der Waals surface area contributed by atoms with Gasteiger partial charge in [-0.1, -0.05) is 49.9 Å². The van der Waals surface area contributed by atoms with Crippen LogP contribution < -0.4 is 5.73 Å². The summed E-state index contributed by atoms with van der Waals surface area (Å²) in [5.41, 5.74) is 7.19. The molecule has 1 aromatic rings. The maximum atomic E-state index is 6.05. The van der Waals surface area contributed by atoms with E-state index < -0.39 is 0 Å². The molecular weight excluding hydrogens is 229 g/mol. The maximum Gasteiger partial charge on any atom is 0.0409 e. The van der Waals surface area contributed by atoms with Gasteiger partial charge in [0.15, 0.2) is 0 Å². The molecule has 1 rings (SSSR count). The Labute approximate surface area is 103 Å². The molecular formula is C12H19Cl2N. The highest BCUT2D eigenvalue weighted by Crippen LogP contribution is 2.20. The number of halogens is 2. The monoisotopic (exact) mass is 247 g/mol. The summed E-state index contributed by atoms with van der Waals surface area (Å²) in [6, 6.07) is 7.97. The minimum atomic E-state index is 0. The van der Waals surface area contributed by atoms with E-state index in [0.29, 0.717) is 0 Å². The Morgan fingerprint density at radius 1 is 1.33 bits per heavy atom. The van der Waals surface area contributed by atoms with Gasteiger partial charge in [0.25, 0.3) is 0 Å². The molecule has 0 aliphatic carbocycles.